The van der Waals surface area contributed by atoms with Crippen molar-refractivity contribution in [1.29, 1.82) is 0 Å². The van der Waals surface area contributed by atoms with Gasteiger partial charge in [0.15, 0.2) is 5.78 Å². The SMILES string of the molecule is C[C@@H](O)[C@@H](O)[C@H](O)[C@@H](O)C(=O)CCCCOC(=O)c1ccccc1C(=O)O. The lowest BCUT2D eigenvalue weighted by atomic mass is 9.98. The Balaban J connectivity index is 2.39. The van der Waals surface area contributed by atoms with E-state index in [9.17, 15) is 29.7 Å². The second-order valence-corrected chi connectivity index (χ2v) is 6.08. The minimum absolute atomic E-state index is 0.0605. The number of esters is 1. The largest absolute Gasteiger partial charge is 0.478 e. The third-order valence-electron chi connectivity index (χ3n) is 3.93. The molecule has 0 spiro atoms. The number of Topliss-reactive ketones (excluding diaryl/α,β-unsaturated/α-hetero) is 1. The highest BCUT2D eigenvalue weighted by molar-refractivity contribution is 6.02. The molecule has 0 aromatic heterocycles. The van der Waals surface area contributed by atoms with Crippen LogP contribution in [0.5, 0.6) is 0 Å². The van der Waals surface area contributed by atoms with Crippen LogP contribution in [0.25, 0.3) is 0 Å². The number of carbonyl (C=O) groups is 3. The third kappa shape index (κ3) is 6.72. The molecule has 0 aliphatic rings. The van der Waals surface area contributed by atoms with Gasteiger partial charge in [0.05, 0.1) is 23.8 Å². The maximum absolute atomic E-state index is 11.9. The van der Waals surface area contributed by atoms with Crippen molar-refractivity contribution in [2.24, 2.45) is 0 Å². The minimum atomic E-state index is -1.83. The number of rotatable bonds is 11. The second kappa shape index (κ2) is 10.7. The Morgan fingerprint density at radius 1 is 0.963 bits per heavy atom. The molecule has 1 rings (SSSR count). The number of ether oxygens (including phenoxy) is 1. The molecular weight excluding hydrogens is 360 g/mol. The molecule has 4 atom stereocenters. The van der Waals surface area contributed by atoms with Crippen LogP contribution in [0.3, 0.4) is 0 Å². The van der Waals surface area contributed by atoms with Crippen LogP contribution in [0, 0.1) is 0 Å². The highest BCUT2D eigenvalue weighted by Gasteiger charge is 2.32. The van der Waals surface area contributed by atoms with Crippen molar-refractivity contribution in [3.63, 3.8) is 0 Å². The van der Waals surface area contributed by atoms with Crippen LogP contribution in [0.4, 0.5) is 0 Å². The molecule has 1 aromatic carbocycles. The summed E-state index contributed by atoms with van der Waals surface area (Å²) in [6, 6.07) is 5.61. The normalized spacial score (nSPS) is 15.4. The van der Waals surface area contributed by atoms with Crippen LogP contribution < -0.4 is 0 Å². The molecule has 0 aliphatic carbocycles. The van der Waals surface area contributed by atoms with E-state index >= 15 is 0 Å². The molecule has 0 fully saturated rings. The van der Waals surface area contributed by atoms with Crippen molar-refractivity contribution < 1.29 is 44.7 Å². The van der Waals surface area contributed by atoms with Crippen LogP contribution >= 0.6 is 0 Å². The summed E-state index contributed by atoms with van der Waals surface area (Å²) in [5.41, 5.74) is -0.252. The average Bonchev–Trinajstić information content (AvgIpc) is 2.65. The molecule has 5 N–H and O–H groups in total. The van der Waals surface area contributed by atoms with Gasteiger partial charge in [0.1, 0.15) is 18.3 Å². The van der Waals surface area contributed by atoms with Crippen LogP contribution in [0.2, 0.25) is 0 Å². The minimum Gasteiger partial charge on any atom is -0.478 e. The summed E-state index contributed by atoms with van der Waals surface area (Å²) in [5.74, 6) is -2.76. The quantitative estimate of drug-likeness (QED) is 0.256. The van der Waals surface area contributed by atoms with E-state index < -0.39 is 42.1 Å². The van der Waals surface area contributed by atoms with Gasteiger partial charge in [0.2, 0.25) is 0 Å². The van der Waals surface area contributed by atoms with E-state index in [1.165, 1.54) is 31.2 Å². The Morgan fingerprint density at radius 2 is 1.56 bits per heavy atom. The number of aliphatic hydroxyl groups excluding tert-OH is 4. The first kappa shape index (κ1) is 22.7. The van der Waals surface area contributed by atoms with Crippen molar-refractivity contribution in [3.8, 4) is 0 Å². The third-order valence-corrected chi connectivity index (χ3v) is 3.93. The Labute approximate surface area is 155 Å². The van der Waals surface area contributed by atoms with Gasteiger partial charge in [-0.2, -0.15) is 0 Å². The first-order valence-electron chi connectivity index (χ1n) is 8.41. The summed E-state index contributed by atoms with van der Waals surface area (Å²) in [5, 5.41) is 46.9. The second-order valence-electron chi connectivity index (χ2n) is 6.08. The summed E-state index contributed by atoms with van der Waals surface area (Å²) >= 11 is 0. The van der Waals surface area contributed by atoms with Gasteiger partial charge in [-0.1, -0.05) is 12.1 Å². The standard InChI is InChI=1S/C18H24O9/c1-10(19)14(21)16(23)15(22)13(20)8-4-5-9-27-18(26)12-7-3-2-6-11(12)17(24)25/h2-3,6-7,10,14-16,19,21-23H,4-5,8-9H2,1H3,(H,24,25)/t10-,14-,15+,16+/m1/s1. The number of carbonyl (C=O) groups excluding carboxylic acids is 2. The van der Waals surface area contributed by atoms with E-state index in [4.69, 9.17) is 14.9 Å². The molecule has 150 valence electrons. The first-order chi connectivity index (χ1) is 12.7. The van der Waals surface area contributed by atoms with Crippen LogP contribution in [0.1, 0.15) is 46.9 Å². The molecule has 0 unspecified atom stereocenters. The van der Waals surface area contributed by atoms with E-state index in [1.54, 1.807) is 0 Å². The van der Waals surface area contributed by atoms with Gasteiger partial charge in [0, 0.05) is 6.42 Å². The smallest absolute Gasteiger partial charge is 0.339 e. The van der Waals surface area contributed by atoms with E-state index in [2.05, 4.69) is 0 Å². The number of carboxylic acid groups (broad SMARTS) is 1. The predicted octanol–water partition coefficient (Wildman–Crippen LogP) is -0.256. The molecule has 9 heteroatoms. The maximum atomic E-state index is 11.9. The molecule has 0 saturated carbocycles. The lowest BCUT2D eigenvalue weighted by Gasteiger charge is -2.23. The van der Waals surface area contributed by atoms with Crippen LogP contribution in [0.15, 0.2) is 24.3 Å². The molecule has 27 heavy (non-hydrogen) atoms. The highest BCUT2D eigenvalue weighted by Crippen LogP contribution is 2.12. The van der Waals surface area contributed by atoms with Gasteiger partial charge in [-0.25, -0.2) is 9.59 Å². The zero-order valence-electron chi connectivity index (χ0n) is 14.8. The Kier molecular flexibility index (Phi) is 9.03. The number of benzene rings is 1. The lowest BCUT2D eigenvalue weighted by Crippen LogP contribution is -2.46. The zero-order valence-corrected chi connectivity index (χ0v) is 14.8. The monoisotopic (exact) mass is 384 g/mol. The van der Waals surface area contributed by atoms with E-state index in [0.29, 0.717) is 0 Å². The Bertz CT molecular complexity index is 656. The maximum Gasteiger partial charge on any atom is 0.339 e. The van der Waals surface area contributed by atoms with Gasteiger partial charge in [-0.3, -0.25) is 4.79 Å². The van der Waals surface area contributed by atoms with Gasteiger partial charge < -0.3 is 30.3 Å². The fourth-order valence-electron chi connectivity index (χ4n) is 2.30. The topological polar surface area (TPSA) is 162 Å². The Hall–Kier alpha value is -2.33. The van der Waals surface area contributed by atoms with Crippen molar-refractivity contribution in [2.45, 2.75) is 50.6 Å². The number of aromatic carboxylic acids is 1. The van der Waals surface area contributed by atoms with E-state index in [-0.39, 0.29) is 37.0 Å². The van der Waals surface area contributed by atoms with Crippen molar-refractivity contribution in [1.82, 2.24) is 0 Å². The molecule has 0 aliphatic heterocycles. The fourth-order valence-corrected chi connectivity index (χ4v) is 2.30. The molecule has 0 bridgehead atoms. The van der Waals surface area contributed by atoms with Crippen molar-refractivity contribution in [3.05, 3.63) is 35.4 Å². The number of ketones is 1. The van der Waals surface area contributed by atoms with Gasteiger partial charge in [-0.05, 0) is 31.9 Å². The van der Waals surface area contributed by atoms with Gasteiger partial charge >= 0.3 is 11.9 Å². The van der Waals surface area contributed by atoms with E-state index in [0.717, 1.165) is 0 Å². The Morgan fingerprint density at radius 3 is 2.11 bits per heavy atom. The number of aliphatic hydroxyl groups is 4. The molecule has 0 amide bonds. The van der Waals surface area contributed by atoms with Crippen LogP contribution in [-0.4, -0.2) is 74.3 Å². The number of hydrogen-bond donors (Lipinski definition) is 5. The molecule has 0 radical (unpaired) electrons. The van der Waals surface area contributed by atoms with Gasteiger partial charge in [0.25, 0.3) is 0 Å². The average molecular weight is 384 g/mol. The fraction of sp³-hybridized carbons (Fsp3) is 0.500. The molecule has 9 nitrogen and oxygen atoms in total. The van der Waals surface area contributed by atoms with Gasteiger partial charge in [-0.15, -0.1) is 0 Å². The predicted molar refractivity (Wildman–Crippen MR) is 92.2 cm³/mol. The molecule has 0 saturated heterocycles. The number of hydrogen-bond acceptors (Lipinski definition) is 8. The molecular formula is C18H24O9. The number of carboxylic acids is 1. The molecule has 0 heterocycles. The summed E-state index contributed by atoms with van der Waals surface area (Å²) in [6.45, 7) is 1.15. The summed E-state index contributed by atoms with van der Waals surface area (Å²) in [4.78, 5) is 34.8. The zero-order chi connectivity index (χ0) is 20.6. The summed E-state index contributed by atoms with van der Waals surface area (Å²) in [6.07, 6.45) is -6.22. The lowest BCUT2D eigenvalue weighted by molar-refractivity contribution is -0.143. The molecule has 1 aromatic rings. The number of unbranched alkanes of at least 4 members (excludes halogenated alkanes) is 1. The first-order valence-corrected chi connectivity index (χ1v) is 8.41. The highest BCUT2D eigenvalue weighted by atomic mass is 16.5. The van der Waals surface area contributed by atoms with Crippen molar-refractivity contribution in [2.75, 3.05) is 6.61 Å². The van der Waals surface area contributed by atoms with E-state index in [1.807, 2.05) is 0 Å². The van der Waals surface area contributed by atoms with Crippen LogP contribution in [-0.2, 0) is 9.53 Å². The summed E-state index contributed by atoms with van der Waals surface area (Å²) < 4.78 is 4.98. The van der Waals surface area contributed by atoms with Crippen molar-refractivity contribution >= 4 is 17.7 Å². The summed E-state index contributed by atoms with van der Waals surface area (Å²) in [7, 11) is 0.